The van der Waals surface area contributed by atoms with Crippen LogP contribution in [0.5, 0.6) is 0 Å². The summed E-state index contributed by atoms with van der Waals surface area (Å²) in [5, 5.41) is 4.19. The molecule has 3 heteroatoms. The van der Waals surface area contributed by atoms with Crippen molar-refractivity contribution in [1.82, 2.24) is 9.78 Å². The van der Waals surface area contributed by atoms with Gasteiger partial charge in [0, 0.05) is 18.0 Å². The van der Waals surface area contributed by atoms with Gasteiger partial charge in [-0.05, 0) is 30.3 Å². The fourth-order valence-electron chi connectivity index (χ4n) is 1.38. The standard InChI is InChI=1S/C14H16N2Si/c1-17(2,3)12-9-13-5-7-14(8-6-13)16-11-4-10-15-16/h4-8,10-11H,1-3H3. The molecule has 0 saturated carbocycles. The molecule has 0 aliphatic carbocycles. The molecule has 0 aliphatic rings. The van der Waals surface area contributed by atoms with Gasteiger partial charge < -0.3 is 0 Å². The van der Waals surface area contributed by atoms with E-state index in [2.05, 4.69) is 36.2 Å². The number of aromatic nitrogens is 2. The summed E-state index contributed by atoms with van der Waals surface area (Å²) >= 11 is 0. The third-order valence-corrected chi connectivity index (χ3v) is 3.09. The van der Waals surface area contributed by atoms with Crippen molar-refractivity contribution in [2.24, 2.45) is 0 Å². The zero-order chi connectivity index (χ0) is 12.3. The molecule has 0 bridgehead atoms. The molecule has 0 aliphatic heterocycles. The van der Waals surface area contributed by atoms with Crippen molar-refractivity contribution in [3.05, 3.63) is 48.3 Å². The molecular weight excluding hydrogens is 224 g/mol. The third-order valence-electron chi connectivity index (χ3n) is 2.22. The highest BCUT2D eigenvalue weighted by atomic mass is 28.3. The summed E-state index contributed by atoms with van der Waals surface area (Å²) in [6, 6.07) is 10.1. The summed E-state index contributed by atoms with van der Waals surface area (Å²) in [5.41, 5.74) is 5.49. The Morgan fingerprint density at radius 1 is 1.12 bits per heavy atom. The number of nitrogens with zero attached hydrogens (tertiary/aromatic N) is 2. The highest BCUT2D eigenvalue weighted by Gasteiger charge is 2.07. The van der Waals surface area contributed by atoms with Gasteiger partial charge in [0.25, 0.3) is 0 Å². The summed E-state index contributed by atoms with van der Waals surface area (Å²) in [6.45, 7) is 6.74. The minimum absolute atomic E-state index is 1.06. The lowest BCUT2D eigenvalue weighted by atomic mass is 10.2. The Labute approximate surface area is 103 Å². The van der Waals surface area contributed by atoms with Crippen LogP contribution < -0.4 is 0 Å². The summed E-state index contributed by atoms with van der Waals surface area (Å²) in [5.74, 6) is 3.24. The van der Waals surface area contributed by atoms with Crippen LogP contribution in [0.1, 0.15) is 5.56 Å². The van der Waals surface area contributed by atoms with Crippen molar-refractivity contribution in [2.45, 2.75) is 19.6 Å². The summed E-state index contributed by atoms with van der Waals surface area (Å²) in [7, 11) is -1.29. The molecule has 86 valence electrons. The second-order valence-electron chi connectivity index (χ2n) is 5.00. The van der Waals surface area contributed by atoms with Crippen molar-refractivity contribution in [3.8, 4) is 17.2 Å². The molecule has 0 spiro atoms. The van der Waals surface area contributed by atoms with E-state index in [1.165, 1.54) is 0 Å². The van der Waals surface area contributed by atoms with Gasteiger partial charge in [-0.1, -0.05) is 25.6 Å². The highest BCUT2D eigenvalue weighted by Crippen LogP contribution is 2.08. The Bertz CT molecular complexity index is 537. The lowest BCUT2D eigenvalue weighted by Crippen LogP contribution is -2.16. The molecule has 17 heavy (non-hydrogen) atoms. The highest BCUT2D eigenvalue weighted by molar-refractivity contribution is 6.83. The molecule has 2 nitrogen and oxygen atoms in total. The van der Waals surface area contributed by atoms with E-state index in [1.807, 2.05) is 41.2 Å². The maximum Gasteiger partial charge on any atom is 0.129 e. The zero-order valence-electron chi connectivity index (χ0n) is 10.4. The van der Waals surface area contributed by atoms with E-state index in [0.29, 0.717) is 0 Å². The smallest absolute Gasteiger partial charge is 0.129 e. The van der Waals surface area contributed by atoms with E-state index in [0.717, 1.165) is 11.3 Å². The summed E-state index contributed by atoms with van der Waals surface area (Å²) in [4.78, 5) is 0. The first-order chi connectivity index (χ1) is 8.04. The van der Waals surface area contributed by atoms with Crippen molar-refractivity contribution >= 4 is 8.07 Å². The van der Waals surface area contributed by atoms with Gasteiger partial charge in [-0.15, -0.1) is 5.54 Å². The average Bonchev–Trinajstić information content (AvgIpc) is 2.79. The van der Waals surface area contributed by atoms with Crippen molar-refractivity contribution in [2.75, 3.05) is 0 Å². The summed E-state index contributed by atoms with van der Waals surface area (Å²) < 4.78 is 1.84. The lowest BCUT2D eigenvalue weighted by Gasteiger charge is -2.04. The Morgan fingerprint density at radius 2 is 1.82 bits per heavy atom. The van der Waals surface area contributed by atoms with Crippen LogP contribution in [-0.2, 0) is 0 Å². The van der Waals surface area contributed by atoms with Crippen LogP contribution in [0.15, 0.2) is 42.7 Å². The van der Waals surface area contributed by atoms with Crippen LogP contribution in [-0.4, -0.2) is 17.9 Å². The molecule has 2 rings (SSSR count). The van der Waals surface area contributed by atoms with E-state index in [-0.39, 0.29) is 0 Å². The monoisotopic (exact) mass is 240 g/mol. The van der Waals surface area contributed by atoms with Crippen LogP contribution >= 0.6 is 0 Å². The van der Waals surface area contributed by atoms with Crippen LogP contribution in [0.25, 0.3) is 5.69 Å². The minimum Gasteiger partial charge on any atom is -0.241 e. The van der Waals surface area contributed by atoms with Gasteiger partial charge in [-0.2, -0.15) is 5.10 Å². The second-order valence-corrected chi connectivity index (χ2v) is 9.75. The van der Waals surface area contributed by atoms with Crippen LogP contribution in [0.2, 0.25) is 19.6 Å². The van der Waals surface area contributed by atoms with Crippen molar-refractivity contribution in [1.29, 1.82) is 0 Å². The maximum atomic E-state index is 4.19. The molecule has 0 amide bonds. The van der Waals surface area contributed by atoms with Gasteiger partial charge in [0.05, 0.1) is 5.69 Å². The molecule has 0 fully saturated rings. The lowest BCUT2D eigenvalue weighted by molar-refractivity contribution is 0.880. The van der Waals surface area contributed by atoms with Crippen molar-refractivity contribution in [3.63, 3.8) is 0 Å². The molecule has 2 aromatic rings. The fraction of sp³-hybridized carbons (Fsp3) is 0.214. The number of rotatable bonds is 1. The third kappa shape index (κ3) is 3.33. The fourth-order valence-corrected chi connectivity index (χ4v) is 1.90. The first kappa shape index (κ1) is 11.7. The van der Waals surface area contributed by atoms with Gasteiger partial charge >= 0.3 is 0 Å². The van der Waals surface area contributed by atoms with Crippen molar-refractivity contribution < 1.29 is 0 Å². The number of hydrogen-bond donors (Lipinski definition) is 0. The first-order valence-corrected chi connectivity index (χ1v) is 9.18. The average molecular weight is 240 g/mol. The van der Waals surface area contributed by atoms with Crippen LogP contribution in [0.3, 0.4) is 0 Å². The Balaban J connectivity index is 2.21. The molecule has 1 aromatic heterocycles. The molecule has 0 N–H and O–H groups in total. The molecule has 0 radical (unpaired) electrons. The SMILES string of the molecule is C[Si](C)(C)C#Cc1ccc(-n2cccn2)cc1. The largest absolute Gasteiger partial charge is 0.241 e. The van der Waals surface area contributed by atoms with Gasteiger partial charge in [-0.3, -0.25) is 0 Å². The molecule has 1 aromatic carbocycles. The second kappa shape index (κ2) is 4.60. The number of benzene rings is 1. The van der Waals surface area contributed by atoms with E-state index in [4.69, 9.17) is 0 Å². The van der Waals surface area contributed by atoms with Gasteiger partial charge in [-0.25, -0.2) is 4.68 Å². The van der Waals surface area contributed by atoms with E-state index in [1.54, 1.807) is 6.20 Å². The molecule has 0 unspecified atom stereocenters. The summed E-state index contributed by atoms with van der Waals surface area (Å²) in [6.07, 6.45) is 3.71. The van der Waals surface area contributed by atoms with Gasteiger partial charge in [0.1, 0.15) is 8.07 Å². The predicted molar refractivity (Wildman–Crippen MR) is 73.8 cm³/mol. The Morgan fingerprint density at radius 3 is 2.35 bits per heavy atom. The van der Waals surface area contributed by atoms with Gasteiger partial charge in [0.2, 0.25) is 0 Å². The number of hydrogen-bond acceptors (Lipinski definition) is 1. The Hall–Kier alpha value is -1.79. The molecule has 0 saturated heterocycles. The van der Waals surface area contributed by atoms with E-state index >= 15 is 0 Å². The predicted octanol–water partition coefficient (Wildman–Crippen LogP) is 3.10. The minimum atomic E-state index is -1.29. The molecular formula is C14H16N2Si. The normalized spacial score (nSPS) is 10.8. The maximum absolute atomic E-state index is 4.19. The topological polar surface area (TPSA) is 17.8 Å². The van der Waals surface area contributed by atoms with E-state index in [9.17, 15) is 0 Å². The van der Waals surface area contributed by atoms with Crippen LogP contribution in [0.4, 0.5) is 0 Å². The molecule has 0 atom stereocenters. The first-order valence-electron chi connectivity index (χ1n) is 5.68. The Kier molecular flexibility index (Phi) is 3.16. The quantitative estimate of drug-likeness (QED) is 0.553. The van der Waals surface area contributed by atoms with E-state index < -0.39 is 8.07 Å². The molecule has 1 heterocycles. The van der Waals surface area contributed by atoms with Crippen LogP contribution in [0, 0.1) is 11.5 Å². The van der Waals surface area contributed by atoms with Gasteiger partial charge in [0.15, 0.2) is 0 Å². The zero-order valence-corrected chi connectivity index (χ0v) is 11.4.